The van der Waals surface area contributed by atoms with Crippen molar-refractivity contribution in [3.8, 4) is 0 Å². The molecule has 3 aromatic rings. The number of allylic oxidation sites excluding steroid dienone is 3. The van der Waals surface area contributed by atoms with E-state index < -0.39 is 5.82 Å². The number of likely N-dealkylation sites (tertiary alicyclic amines) is 1. The molecule has 5 rings (SSSR count). The lowest BCUT2D eigenvalue weighted by Gasteiger charge is -2.37. The van der Waals surface area contributed by atoms with Gasteiger partial charge in [0.15, 0.2) is 0 Å². The molecule has 208 valence electrons. The summed E-state index contributed by atoms with van der Waals surface area (Å²) in [6.07, 6.45) is 7.53. The Bertz CT molecular complexity index is 1450. The van der Waals surface area contributed by atoms with Crippen molar-refractivity contribution < 1.29 is 19.1 Å². The van der Waals surface area contributed by atoms with Crippen molar-refractivity contribution in [3.05, 3.63) is 95.7 Å². The van der Waals surface area contributed by atoms with Crippen LogP contribution >= 0.6 is 0 Å². The van der Waals surface area contributed by atoms with Crippen LogP contribution in [0.4, 0.5) is 27.1 Å². The highest BCUT2D eigenvalue weighted by molar-refractivity contribution is 6.04. The number of hydrogen-bond acceptors (Lipinski definition) is 5. The number of nitrogens with zero attached hydrogens (tertiary/aromatic N) is 2. The van der Waals surface area contributed by atoms with E-state index in [1.165, 1.54) is 11.8 Å². The average Bonchev–Trinajstić information content (AvgIpc) is 3.38. The summed E-state index contributed by atoms with van der Waals surface area (Å²) in [6.45, 7) is 3.74. The molecule has 2 heterocycles. The van der Waals surface area contributed by atoms with Crippen LogP contribution in [-0.4, -0.2) is 45.6 Å². The smallest absolute Gasteiger partial charge is 0.272 e. The molecule has 2 aromatic carbocycles. The number of amides is 2. The van der Waals surface area contributed by atoms with Gasteiger partial charge in [-0.15, -0.1) is 0 Å². The molecule has 8 nitrogen and oxygen atoms in total. The molecule has 2 amide bonds. The van der Waals surface area contributed by atoms with Crippen LogP contribution in [0.2, 0.25) is 0 Å². The molecule has 1 aromatic heterocycles. The Kier molecular flexibility index (Phi) is 8.02. The molecule has 2 aliphatic rings. The van der Waals surface area contributed by atoms with Gasteiger partial charge < -0.3 is 30.5 Å². The summed E-state index contributed by atoms with van der Waals surface area (Å²) in [4.78, 5) is 27.6. The maximum absolute atomic E-state index is 14.9. The van der Waals surface area contributed by atoms with E-state index >= 15 is 0 Å². The summed E-state index contributed by atoms with van der Waals surface area (Å²) in [5, 5.41) is 18.5. The minimum Gasteiger partial charge on any atom is -0.393 e. The Morgan fingerprint density at radius 3 is 2.25 bits per heavy atom. The molecule has 1 aliphatic carbocycles. The van der Waals surface area contributed by atoms with Gasteiger partial charge >= 0.3 is 0 Å². The van der Waals surface area contributed by atoms with E-state index in [0.717, 1.165) is 25.9 Å². The second-order valence-electron chi connectivity index (χ2n) is 10.4. The van der Waals surface area contributed by atoms with E-state index in [-0.39, 0.29) is 29.5 Å². The zero-order chi connectivity index (χ0) is 28.2. The normalized spacial score (nSPS) is 17.6. The zero-order valence-corrected chi connectivity index (χ0v) is 22.7. The number of aliphatic hydroxyl groups excluding tert-OH is 1. The van der Waals surface area contributed by atoms with E-state index in [1.54, 1.807) is 66.3 Å². The summed E-state index contributed by atoms with van der Waals surface area (Å²) in [7, 11) is 1.80. The SMILES string of the molecule is CC1CC(C(=O)Nc2ccc(Nc3ccc(NC(=O)c4cccn4C)cc3)c(F)c2)=CC=C1N1CCC(O)CC1. The lowest BCUT2D eigenvalue weighted by molar-refractivity contribution is -0.113. The van der Waals surface area contributed by atoms with Gasteiger partial charge in [-0.05, 0) is 79.9 Å². The minimum absolute atomic E-state index is 0.183. The van der Waals surface area contributed by atoms with Crippen LogP contribution in [0.3, 0.4) is 0 Å². The molecule has 1 atom stereocenters. The predicted octanol–water partition coefficient (Wildman–Crippen LogP) is 5.41. The number of rotatable bonds is 7. The van der Waals surface area contributed by atoms with Crippen LogP contribution in [0.25, 0.3) is 0 Å². The number of aryl methyl sites for hydroxylation is 1. The first-order valence-corrected chi connectivity index (χ1v) is 13.5. The molecule has 1 saturated heterocycles. The van der Waals surface area contributed by atoms with Gasteiger partial charge in [0, 0.05) is 60.6 Å². The molecule has 0 saturated carbocycles. The van der Waals surface area contributed by atoms with Gasteiger partial charge in [0.05, 0.1) is 11.8 Å². The van der Waals surface area contributed by atoms with Crippen LogP contribution in [0.15, 0.2) is 84.2 Å². The number of aliphatic hydroxyl groups is 1. The first-order chi connectivity index (χ1) is 19.3. The van der Waals surface area contributed by atoms with E-state index in [1.807, 2.05) is 12.2 Å². The van der Waals surface area contributed by atoms with E-state index in [9.17, 15) is 19.1 Å². The fourth-order valence-electron chi connectivity index (χ4n) is 5.15. The number of hydrogen-bond donors (Lipinski definition) is 4. The fourth-order valence-corrected chi connectivity index (χ4v) is 5.15. The first-order valence-electron chi connectivity index (χ1n) is 13.5. The van der Waals surface area contributed by atoms with Gasteiger partial charge in [-0.3, -0.25) is 9.59 Å². The quantitative estimate of drug-likeness (QED) is 0.320. The number of aromatic nitrogens is 1. The van der Waals surface area contributed by atoms with E-state index in [4.69, 9.17) is 0 Å². The number of carbonyl (C=O) groups is 2. The molecule has 1 unspecified atom stereocenters. The molecule has 1 fully saturated rings. The second kappa shape index (κ2) is 11.8. The van der Waals surface area contributed by atoms with Gasteiger partial charge in [0.2, 0.25) is 0 Å². The third-order valence-electron chi connectivity index (χ3n) is 7.43. The van der Waals surface area contributed by atoms with Gasteiger partial charge in [0.25, 0.3) is 11.8 Å². The van der Waals surface area contributed by atoms with Crippen molar-refractivity contribution in [1.82, 2.24) is 9.47 Å². The lowest BCUT2D eigenvalue weighted by Crippen LogP contribution is -2.37. The van der Waals surface area contributed by atoms with Gasteiger partial charge in [-0.1, -0.05) is 13.0 Å². The number of nitrogens with one attached hydrogen (secondary N) is 3. The Morgan fingerprint density at radius 2 is 1.60 bits per heavy atom. The van der Waals surface area contributed by atoms with Crippen LogP contribution in [0, 0.1) is 11.7 Å². The highest BCUT2D eigenvalue weighted by Crippen LogP contribution is 2.31. The van der Waals surface area contributed by atoms with Crippen molar-refractivity contribution in [2.45, 2.75) is 32.3 Å². The highest BCUT2D eigenvalue weighted by Gasteiger charge is 2.26. The number of halogens is 1. The summed E-state index contributed by atoms with van der Waals surface area (Å²) in [6, 6.07) is 15.1. The Hall–Kier alpha value is -4.37. The van der Waals surface area contributed by atoms with Crippen LogP contribution in [0.1, 0.15) is 36.7 Å². The molecular formula is C31H34FN5O3. The third-order valence-corrected chi connectivity index (χ3v) is 7.43. The molecule has 4 N–H and O–H groups in total. The van der Waals surface area contributed by atoms with E-state index in [2.05, 4.69) is 27.8 Å². The molecule has 9 heteroatoms. The van der Waals surface area contributed by atoms with Crippen molar-refractivity contribution in [2.24, 2.45) is 13.0 Å². The number of benzene rings is 2. The summed E-state index contributed by atoms with van der Waals surface area (Å²) in [5.74, 6) is -0.777. The maximum Gasteiger partial charge on any atom is 0.272 e. The van der Waals surface area contributed by atoms with Crippen molar-refractivity contribution in [2.75, 3.05) is 29.0 Å². The lowest BCUT2D eigenvalue weighted by atomic mass is 9.90. The van der Waals surface area contributed by atoms with E-state index in [0.29, 0.717) is 34.8 Å². The fraction of sp³-hybridized carbons (Fsp3) is 0.290. The third kappa shape index (κ3) is 6.26. The van der Waals surface area contributed by atoms with Gasteiger partial charge in [-0.2, -0.15) is 0 Å². The van der Waals surface area contributed by atoms with Crippen molar-refractivity contribution in [1.29, 1.82) is 0 Å². The molecule has 0 spiro atoms. The van der Waals surface area contributed by atoms with Crippen molar-refractivity contribution >= 4 is 34.6 Å². The Morgan fingerprint density at radius 1 is 0.925 bits per heavy atom. The summed E-state index contributed by atoms with van der Waals surface area (Å²) < 4.78 is 16.6. The first kappa shape index (κ1) is 27.2. The predicted molar refractivity (Wildman–Crippen MR) is 155 cm³/mol. The molecule has 1 aliphatic heterocycles. The van der Waals surface area contributed by atoms with Gasteiger partial charge in [0.1, 0.15) is 11.5 Å². The standard InChI is InChI=1S/C31H34FN5O3/c1-20-18-21(5-12-28(20)37-16-13-25(38)14-17-37)30(39)35-24-10-11-27(26(32)19-24)33-22-6-8-23(9-7-22)34-31(40)29-4-3-15-36(29)2/h3-12,15,19-20,25,33,38H,13-14,16-18H2,1-2H3,(H,34,40)(H,35,39). The maximum atomic E-state index is 14.9. The number of anilines is 4. The van der Waals surface area contributed by atoms with Crippen LogP contribution in [-0.2, 0) is 11.8 Å². The minimum atomic E-state index is -0.501. The van der Waals surface area contributed by atoms with Crippen LogP contribution < -0.4 is 16.0 Å². The molecule has 40 heavy (non-hydrogen) atoms. The number of carbonyl (C=O) groups excluding carboxylic acids is 2. The summed E-state index contributed by atoms with van der Waals surface area (Å²) >= 11 is 0. The summed E-state index contributed by atoms with van der Waals surface area (Å²) in [5.41, 5.74) is 4.30. The van der Waals surface area contributed by atoms with Crippen molar-refractivity contribution in [3.63, 3.8) is 0 Å². The molecular weight excluding hydrogens is 509 g/mol. The van der Waals surface area contributed by atoms with Gasteiger partial charge in [-0.25, -0.2) is 4.39 Å². The topological polar surface area (TPSA) is 98.6 Å². The number of piperidine rings is 1. The molecule has 0 radical (unpaired) electrons. The second-order valence-corrected chi connectivity index (χ2v) is 10.4. The molecule has 0 bridgehead atoms. The highest BCUT2D eigenvalue weighted by atomic mass is 19.1. The monoisotopic (exact) mass is 543 g/mol. The largest absolute Gasteiger partial charge is 0.393 e. The Balaban J connectivity index is 1.18. The average molecular weight is 544 g/mol. The van der Waals surface area contributed by atoms with Crippen LogP contribution in [0.5, 0.6) is 0 Å². The zero-order valence-electron chi connectivity index (χ0n) is 22.7. The Labute approximate surface area is 233 Å².